The molecule has 0 bridgehead atoms. The third kappa shape index (κ3) is 47.4. The van der Waals surface area contributed by atoms with Gasteiger partial charge >= 0.3 is 17.9 Å². The van der Waals surface area contributed by atoms with Crippen molar-refractivity contribution >= 4 is 17.9 Å². The molecule has 6 nitrogen and oxygen atoms in total. The Hall–Kier alpha value is -3.67. The summed E-state index contributed by atoms with van der Waals surface area (Å²) in [6.07, 6.45) is 65.5. The number of esters is 3. The van der Waals surface area contributed by atoms with Gasteiger partial charge in [-0.05, 0) is 109 Å². The van der Waals surface area contributed by atoms with E-state index in [1.165, 1.54) is 83.5 Å². The van der Waals surface area contributed by atoms with E-state index in [9.17, 15) is 14.4 Å². The molecule has 62 heavy (non-hydrogen) atoms. The molecule has 0 aliphatic carbocycles. The fraction of sp³-hybridized carbons (Fsp3) is 0.661. The van der Waals surface area contributed by atoms with E-state index in [0.29, 0.717) is 19.3 Å². The van der Waals surface area contributed by atoms with Gasteiger partial charge in [0.2, 0.25) is 0 Å². The molecule has 6 heteroatoms. The normalized spacial score (nSPS) is 12.9. The second-order valence-corrected chi connectivity index (χ2v) is 16.4. The van der Waals surface area contributed by atoms with E-state index in [4.69, 9.17) is 14.2 Å². The van der Waals surface area contributed by atoms with Gasteiger partial charge in [-0.1, -0.05) is 189 Å². The molecular weight excluding hydrogens is 769 g/mol. The van der Waals surface area contributed by atoms with Gasteiger partial charge in [0.15, 0.2) is 6.10 Å². The second kappa shape index (κ2) is 50.0. The molecule has 0 aliphatic heterocycles. The van der Waals surface area contributed by atoms with Crippen LogP contribution in [0.5, 0.6) is 0 Å². The van der Waals surface area contributed by atoms with Crippen LogP contribution in [0.2, 0.25) is 0 Å². The Balaban J connectivity index is 4.55. The Morgan fingerprint density at radius 2 is 0.613 bits per heavy atom. The lowest BCUT2D eigenvalue weighted by molar-refractivity contribution is -0.167. The Bertz CT molecular complexity index is 1260. The average Bonchev–Trinajstić information content (AvgIpc) is 3.27. The largest absolute Gasteiger partial charge is 0.462 e. The fourth-order valence-electron chi connectivity index (χ4n) is 6.43. The van der Waals surface area contributed by atoms with Gasteiger partial charge in [0, 0.05) is 19.3 Å². The van der Waals surface area contributed by atoms with Gasteiger partial charge in [-0.25, -0.2) is 0 Å². The molecule has 0 rings (SSSR count). The van der Waals surface area contributed by atoms with E-state index < -0.39 is 6.10 Å². The Morgan fingerprint density at radius 1 is 0.323 bits per heavy atom. The zero-order valence-electron chi connectivity index (χ0n) is 40.1. The van der Waals surface area contributed by atoms with Crippen LogP contribution in [0.1, 0.15) is 220 Å². The number of hydrogen-bond acceptors (Lipinski definition) is 6. The molecule has 0 aliphatic rings. The number of carbonyl (C=O) groups excluding carboxylic acids is 3. The van der Waals surface area contributed by atoms with E-state index in [2.05, 4.69) is 118 Å². The lowest BCUT2D eigenvalue weighted by atomic mass is 10.1. The van der Waals surface area contributed by atoms with Crippen molar-refractivity contribution in [2.24, 2.45) is 0 Å². The number of unbranched alkanes of at least 4 members (excludes halogenated alkanes) is 17. The van der Waals surface area contributed by atoms with E-state index in [-0.39, 0.29) is 44.0 Å². The summed E-state index contributed by atoms with van der Waals surface area (Å²) >= 11 is 0. The highest BCUT2D eigenvalue weighted by Crippen LogP contribution is 2.11. The molecule has 0 aromatic rings. The average molecular weight is 861 g/mol. The molecule has 0 aromatic heterocycles. The summed E-state index contributed by atoms with van der Waals surface area (Å²) in [5.74, 6) is -1.05. The molecule has 0 saturated heterocycles. The van der Waals surface area contributed by atoms with Crippen LogP contribution >= 0.6 is 0 Å². The number of carbonyl (C=O) groups is 3. The Kier molecular flexibility index (Phi) is 47.0. The smallest absolute Gasteiger partial charge is 0.306 e. The SMILES string of the molecule is CCCC/C=C\CCCCCCC(=O)OCC(COC(=O)CCC/C=C\C/C=C\C/C=C\C/C=C\CCCCC)OC(=O)CCC/C=C\C/C=C\C/C=C\CCCCCCCC. The highest BCUT2D eigenvalue weighted by Gasteiger charge is 2.19. The summed E-state index contributed by atoms with van der Waals surface area (Å²) < 4.78 is 16.6. The summed E-state index contributed by atoms with van der Waals surface area (Å²) in [5.41, 5.74) is 0. The standard InChI is InChI=1S/C56H92O6/c1-4-7-10-13-16-19-22-24-26-28-30-32-34-37-40-43-46-49-55(58)61-52-53(51-60-54(57)48-45-42-39-36-21-18-15-12-9-6-3)62-56(59)50-47-44-41-38-35-33-31-29-27-25-23-20-17-14-11-8-5-2/h15-16,18-19,24-27,30-33,37-38,40-41,53H,4-14,17,20-23,28-29,34-36,39,42-52H2,1-3H3/b18-15-,19-16-,26-24-,27-25-,32-30-,33-31-,40-37-,41-38-. The molecule has 1 atom stereocenters. The lowest BCUT2D eigenvalue weighted by Gasteiger charge is -2.18. The van der Waals surface area contributed by atoms with Crippen LogP contribution in [0.25, 0.3) is 0 Å². The molecule has 0 amide bonds. The summed E-state index contributed by atoms with van der Waals surface area (Å²) in [6.45, 7) is 6.44. The third-order valence-corrected chi connectivity index (χ3v) is 10.3. The van der Waals surface area contributed by atoms with Crippen molar-refractivity contribution in [3.8, 4) is 0 Å². The first-order valence-corrected chi connectivity index (χ1v) is 25.2. The van der Waals surface area contributed by atoms with E-state index in [0.717, 1.165) is 83.5 Å². The number of hydrogen-bond donors (Lipinski definition) is 0. The molecule has 0 heterocycles. The highest BCUT2D eigenvalue weighted by molar-refractivity contribution is 5.71. The monoisotopic (exact) mass is 861 g/mol. The van der Waals surface area contributed by atoms with Crippen molar-refractivity contribution < 1.29 is 28.6 Å². The highest BCUT2D eigenvalue weighted by atomic mass is 16.6. The Labute approximate surface area is 381 Å². The van der Waals surface area contributed by atoms with Crippen LogP contribution < -0.4 is 0 Å². The predicted molar refractivity (Wildman–Crippen MR) is 265 cm³/mol. The van der Waals surface area contributed by atoms with E-state index in [1.807, 2.05) is 0 Å². The number of allylic oxidation sites excluding steroid dienone is 16. The number of rotatable bonds is 44. The zero-order chi connectivity index (χ0) is 45.1. The summed E-state index contributed by atoms with van der Waals surface area (Å²) in [4.78, 5) is 37.8. The molecule has 0 radical (unpaired) electrons. The first-order valence-electron chi connectivity index (χ1n) is 25.2. The van der Waals surface area contributed by atoms with Crippen LogP contribution in [0.4, 0.5) is 0 Å². The maximum absolute atomic E-state index is 12.8. The maximum atomic E-state index is 12.8. The van der Waals surface area contributed by atoms with Crippen LogP contribution in [0.3, 0.4) is 0 Å². The van der Waals surface area contributed by atoms with Crippen molar-refractivity contribution in [1.82, 2.24) is 0 Å². The lowest BCUT2D eigenvalue weighted by Crippen LogP contribution is -2.30. The minimum Gasteiger partial charge on any atom is -0.462 e. The number of ether oxygens (including phenoxy) is 3. The first-order chi connectivity index (χ1) is 30.5. The van der Waals surface area contributed by atoms with Gasteiger partial charge in [-0.15, -0.1) is 0 Å². The Morgan fingerprint density at radius 3 is 1.06 bits per heavy atom. The van der Waals surface area contributed by atoms with Crippen molar-refractivity contribution in [1.29, 1.82) is 0 Å². The van der Waals surface area contributed by atoms with Crippen LogP contribution in [0.15, 0.2) is 97.2 Å². The van der Waals surface area contributed by atoms with Gasteiger partial charge < -0.3 is 14.2 Å². The second-order valence-electron chi connectivity index (χ2n) is 16.4. The van der Waals surface area contributed by atoms with Gasteiger partial charge in [-0.3, -0.25) is 14.4 Å². The summed E-state index contributed by atoms with van der Waals surface area (Å²) in [5, 5.41) is 0. The molecule has 352 valence electrons. The van der Waals surface area contributed by atoms with E-state index in [1.54, 1.807) is 0 Å². The van der Waals surface area contributed by atoms with Gasteiger partial charge in [-0.2, -0.15) is 0 Å². The van der Waals surface area contributed by atoms with Gasteiger partial charge in [0.25, 0.3) is 0 Å². The van der Waals surface area contributed by atoms with Crippen molar-refractivity contribution in [3.05, 3.63) is 97.2 Å². The van der Waals surface area contributed by atoms with Crippen LogP contribution in [-0.2, 0) is 28.6 Å². The third-order valence-electron chi connectivity index (χ3n) is 10.3. The predicted octanol–water partition coefficient (Wildman–Crippen LogP) is 16.6. The summed E-state index contributed by atoms with van der Waals surface area (Å²) in [6, 6.07) is 0. The quantitative estimate of drug-likeness (QED) is 0.0263. The zero-order valence-corrected chi connectivity index (χ0v) is 40.1. The first kappa shape index (κ1) is 58.3. The minimum atomic E-state index is -0.830. The molecule has 0 spiro atoms. The maximum Gasteiger partial charge on any atom is 0.306 e. The molecular formula is C56H92O6. The molecule has 0 aromatic carbocycles. The van der Waals surface area contributed by atoms with Gasteiger partial charge in [0.1, 0.15) is 13.2 Å². The molecule has 0 saturated carbocycles. The summed E-state index contributed by atoms with van der Waals surface area (Å²) in [7, 11) is 0. The minimum absolute atomic E-state index is 0.122. The van der Waals surface area contributed by atoms with E-state index >= 15 is 0 Å². The van der Waals surface area contributed by atoms with Crippen molar-refractivity contribution in [3.63, 3.8) is 0 Å². The molecule has 0 N–H and O–H groups in total. The van der Waals surface area contributed by atoms with Crippen molar-refractivity contribution in [2.75, 3.05) is 13.2 Å². The fourth-order valence-corrected chi connectivity index (χ4v) is 6.43. The van der Waals surface area contributed by atoms with Crippen LogP contribution in [0, 0.1) is 0 Å². The molecule has 0 fully saturated rings. The van der Waals surface area contributed by atoms with Crippen molar-refractivity contribution in [2.45, 2.75) is 226 Å². The van der Waals surface area contributed by atoms with Gasteiger partial charge in [0.05, 0.1) is 0 Å². The topological polar surface area (TPSA) is 78.9 Å². The van der Waals surface area contributed by atoms with Crippen LogP contribution in [-0.4, -0.2) is 37.2 Å². The molecule has 1 unspecified atom stereocenters.